The minimum atomic E-state index is -0.620. The number of benzene rings is 2. The lowest BCUT2D eigenvalue weighted by Crippen LogP contribution is -2.27. The highest BCUT2D eigenvalue weighted by Gasteiger charge is 2.19. The largest absolute Gasteiger partial charge is 0.497 e. The number of methoxy groups -OCH3 is 2. The van der Waals surface area contributed by atoms with E-state index in [0.29, 0.717) is 16.8 Å². The second-order valence-corrected chi connectivity index (χ2v) is 8.46. The van der Waals surface area contributed by atoms with E-state index in [1.165, 1.54) is 0 Å². The lowest BCUT2D eigenvalue weighted by Gasteiger charge is -2.20. The van der Waals surface area contributed by atoms with Crippen LogP contribution in [0.15, 0.2) is 64.2 Å². The highest BCUT2D eigenvalue weighted by Crippen LogP contribution is 2.37. The zero-order valence-corrected chi connectivity index (χ0v) is 21.5. The molecule has 0 spiro atoms. The summed E-state index contributed by atoms with van der Waals surface area (Å²) < 4.78 is 28.7. The summed E-state index contributed by atoms with van der Waals surface area (Å²) in [6.45, 7) is 0.780. The number of aromatic nitrogens is 1. The molecule has 1 heterocycles. The Morgan fingerprint density at radius 3 is 2.17 bits per heavy atom. The smallest absolute Gasteiger partial charge is 0.260 e. The van der Waals surface area contributed by atoms with Gasteiger partial charge in [0.1, 0.15) is 29.4 Å². The van der Waals surface area contributed by atoms with Crippen LogP contribution in [0.5, 0.6) is 23.1 Å². The van der Waals surface area contributed by atoms with Crippen LogP contribution < -0.4 is 18.9 Å². The van der Waals surface area contributed by atoms with Crippen molar-refractivity contribution in [3.63, 3.8) is 0 Å². The second-order valence-electron chi connectivity index (χ2n) is 7.21. The minimum Gasteiger partial charge on any atom is -0.497 e. The molecule has 0 saturated carbocycles. The molecule has 35 heavy (non-hydrogen) atoms. The molecule has 11 heteroatoms. The molecule has 0 amide bonds. The summed E-state index contributed by atoms with van der Waals surface area (Å²) in [4.78, 5) is 7.10. The van der Waals surface area contributed by atoms with Gasteiger partial charge in [-0.1, -0.05) is 41.0 Å². The highest BCUT2D eigenvalue weighted by molar-refractivity contribution is 9.10. The summed E-state index contributed by atoms with van der Waals surface area (Å²) in [7, 11) is 3.22. The number of azide groups is 1. The van der Waals surface area contributed by atoms with E-state index in [-0.39, 0.29) is 30.8 Å². The van der Waals surface area contributed by atoms with E-state index in [0.717, 1.165) is 22.6 Å². The van der Waals surface area contributed by atoms with Crippen LogP contribution in [0.4, 0.5) is 0 Å². The van der Waals surface area contributed by atoms with Crippen LogP contribution in [-0.2, 0) is 18.0 Å². The third-order valence-corrected chi connectivity index (χ3v) is 5.55. The standard InChI is InChI=1S/C24H24BrClN4O5/c1-31-18-7-3-16(4-8-18)13-33-15-20(12-28-30-27)35-24-23(21(25)11-22(26)29-24)34-14-17-5-9-19(32-2)10-6-17/h3-11,20H,12-15H2,1-2H3/t20-/m0/s1. The Hall–Kier alpha value is -3.17. The molecule has 0 aliphatic rings. The number of halogens is 2. The summed E-state index contributed by atoms with van der Waals surface area (Å²) >= 11 is 9.61. The molecule has 1 aromatic heterocycles. The number of rotatable bonds is 13. The molecule has 0 aliphatic carbocycles. The fourth-order valence-corrected chi connectivity index (χ4v) is 3.80. The molecule has 0 radical (unpaired) electrons. The van der Waals surface area contributed by atoms with E-state index in [4.69, 9.17) is 40.8 Å². The molecule has 0 bridgehead atoms. The first-order valence-corrected chi connectivity index (χ1v) is 11.7. The summed E-state index contributed by atoms with van der Waals surface area (Å²) in [5.41, 5.74) is 10.7. The fourth-order valence-electron chi connectivity index (χ4n) is 2.98. The SMILES string of the molecule is COc1ccc(COC[C@H](CN=[N+]=[N-])Oc2nc(Cl)cc(Br)c2OCc2ccc(OC)cc2)cc1. The van der Waals surface area contributed by atoms with Gasteiger partial charge in [0.15, 0.2) is 5.75 Å². The summed E-state index contributed by atoms with van der Waals surface area (Å²) in [6, 6.07) is 16.6. The van der Waals surface area contributed by atoms with Crippen molar-refractivity contribution in [2.45, 2.75) is 19.3 Å². The number of hydrogen-bond donors (Lipinski definition) is 0. The van der Waals surface area contributed by atoms with Gasteiger partial charge in [-0.2, -0.15) is 4.98 Å². The van der Waals surface area contributed by atoms with Crippen LogP contribution >= 0.6 is 27.5 Å². The van der Waals surface area contributed by atoms with E-state index in [1.54, 1.807) is 20.3 Å². The first-order chi connectivity index (χ1) is 17.0. The van der Waals surface area contributed by atoms with Crippen LogP contribution in [0.3, 0.4) is 0 Å². The number of nitrogens with zero attached hydrogens (tertiary/aromatic N) is 4. The van der Waals surface area contributed by atoms with Crippen molar-refractivity contribution in [3.05, 3.63) is 85.8 Å². The molecule has 0 fully saturated rings. The zero-order chi connectivity index (χ0) is 25.0. The monoisotopic (exact) mass is 562 g/mol. The maximum Gasteiger partial charge on any atom is 0.260 e. The third-order valence-electron chi connectivity index (χ3n) is 4.77. The average molecular weight is 564 g/mol. The first-order valence-electron chi connectivity index (χ1n) is 10.5. The molecular formula is C24H24BrClN4O5. The van der Waals surface area contributed by atoms with E-state index >= 15 is 0 Å². The van der Waals surface area contributed by atoms with Crippen molar-refractivity contribution in [3.8, 4) is 23.1 Å². The molecule has 0 N–H and O–H groups in total. The average Bonchev–Trinajstić information content (AvgIpc) is 2.87. The molecule has 0 unspecified atom stereocenters. The lowest BCUT2D eigenvalue weighted by molar-refractivity contribution is 0.0411. The quantitative estimate of drug-likeness (QED) is 0.103. The van der Waals surface area contributed by atoms with Gasteiger partial charge in [-0.25, -0.2) is 0 Å². The van der Waals surface area contributed by atoms with E-state index < -0.39 is 6.10 Å². The molecule has 2 aromatic carbocycles. The molecule has 3 rings (SSSR count). The lowest BCUT2D eigenvalue weighted by atomic mass is 10.2. The van der Waals surface area contributed by atoms with Crippen molar-refractivity contribution in [2.24, 2.45) is 5.11 Å². The van der Waals surface area contributed by atoms with E-state index in [9.17, 15) is 0 Å². The van der Waals surface area contributed by atoms with Crippen molar-refractivity contribution < 1.29 is 23.7 Å². The minimum absolute atomic E-state index is 0.0306. The molecule has 1 atom stereocenters. The third kappa shape index (κ3) is 8.22. The normalized spacial score (nSPS) is 11.3. The van der Waals surface area contributed by atoms with Gasteiger partial charge in [0.2, 0.25) is 0 Å². The topological polar surface area (TPSA) is 108 Å². The van der Waals surface area contributed by atoms with Crippen LogP contribution in [0.2, 0.25) is 5.15 Å². The van der Waals surface area contributed by atoms with Gasteiger partial charge >= 0.3 is 0 Å². The van der Waals surface area contributed by atoms with Crippen molar-refractivity contribution in [1.29, 1.82) is 0 Å². The highest BCUT2D eigenvalue weighted by atomic mass is 79.9. The Kier molecular flexibility index (Phi) is 10.3. The fraction of sp³-hybridized carbons (Fsp3) is 0.292. The van der Waals surface area contributed by atoms with Crippen molar-refractivity contribution >= 4 is 27.5 Å². The molecule has 184 valence electrons. The van der Waals surface area contributed by atoms with Gasteiger partial charge < -0.3 is 23.7 Å². The zero-order valence-electron chi connectivity index (χ0n) is 19.2. The van der Waals surface area contributed by atoms with Gasteiger partial charge in [0, 0.05) is 4.91 Å². The van der Waals surface area contributed by atoms with Crippen LogP contribution in [0.1, 0.15) is 11.1 Å². The summed E-state index contributed by atoms with van der Waals surface area (Å²) in [6.07, 6.45) is -0.620. The Bertz CT molecular complexity index is 1140. The molecule has 0 aliphatic heterocycles. The molecule has 3 aromatic rings. The Balaban J connectivity index is 1.69. The maximum atomic E-state index is 8.80. The maximum absolute atomic E-state index is 8.80. The number of hydrogen-bond acceptors (Lipinski definition) is 7. The molecular weight excluding hydrogens is 540 g/mol. The summed E-state index contributed by atoms with van der Waals surface area (Å²) in [5, 5.41) is 3.85. The molecule has 9 nitrogen and oxygen atoms in total. The molecule has 0 saturated heterocycles. The Labute approximate surface area is 216 Å². The van der Waals surface area contributed by atoms with Crippen molar-refractivity contribution in [2.75, 3.05) is 27.4 Å². The van der Waals surface area contributed by atoms with Gasteiger partial charge in [-0.05, 0) is 62.9 Å². The number of ether oxygens (including phenoxy) is 5. The van der Waals surface area contributed by atoms with Crippen LogP contribution in [-0.4, -0.2) is 38.5 Å². The van der Waals surface area contributed by atoms with Gasteiger partial charge in [-0.15, -0.1) is 0 Å². The summed E-state index contributed by atoms with van der Waals surface area (Å²) in [5.74, 6) is 2.04. The van der Waals surface area contributed by atoms with Gasteiger partial charge in [-0.3, -0.25) is 0 Å². The predicted molar refractivity (Wildman–Crippen MR) is 135 cm³/mol. The first kappa shape index (κ1) is 26.4. The van der Waals surface area contributed by atoms with E-state index in [2.05, 4.69) is 30.9 Å². The van der Waals surface area contributed by atoms with Gasteiger partial charge in [0.05, 0.1) is 38.5 Å². The Morgan fingerprint density at radius 2 is 1.60 bits per heavy atom. The Morgan fingerprint density at radius 1 is 1.00 bits per heavy atom. The predicted octanol–water partition coefficient (Wildman–Crippen LogP) is 6.37. The second kappa shape index (κ2) is 13.7. The van der Waals surface area contributed by atoms with Crippen LogP contribution in [0, 0.1) is 0 Å². The van der Waals surface area contributed by atoms with Crippen molar-refractivity contribution in [1.82, 2.24) is 4.98 Å². The van der Waals surface area contributed by atoms with E-state index in [1.807, 2.05) is 48.5 Å². The number of pyridine rings is 1. The van der Waals surface area contributed by atoms with Crippen LogP contribution in [0.25, 0.3) is 10.4 Å². The van der Waals surface area contributed by atoms with Gasteiger partial charge in [0.25, 0.3) is 5.88 Å².